The van der Waals surface area contributed by atoms with Crippen LogP contribution in [0.25, 0.3) is 0 Å². The Morgan fingerprint density at radius 1 is 1.38 bits per heavy atom. The zero-order valence-electron chi connectivity index (χ0n) is 9.14. The van der Waals surface area contributed by atoms with E-state index in [2.05, 4.69) is 13.8 Å². The molecule has 0 aromatic heterocycles. The predicted molar refractivity (Wildman–Crippen MR) is 55.4 cm³/mol. The van der Waals surface area contributed by atoms with Crippen LogP contribution in [-0.2, 0) is 0 Å². The number of rotatable bonds is 2. The highest BCUT2D eigenvalue weighted by atomic mass is 16.3. The summed E-state index contributed by atoms with van der Waals surface area (Å²) in [6, 6.07) is 0. The van der Waals surface area contributed by atoms with Crippen molar-refractivity contribution >= 4 is 0 Å². The number of aliphatic hydroxyl groups is 1. The maximum Gasteiger partial charge on any atom is 0.0769 e. The molecule has 1 saturated carbocycles. The van der Waals surface area contributed by atoms with E-state index in [-0.39, 0.29) is 0 Å². The third-order valence-electron chi connectivity index (χ3n) is 3.63. The van der Waals surface area contributed by atoms with E-state index >= 15 is 0 Å². The lowest BCUT2D eigenvalue weighted by Crippen LogP contribution is -2.44. The van der Waals surface area contributed by atoms with Crippen LogP contribution < -0.4 is 5.73 Å². The summed E-state index contributed by atoms with van der Waals surface area (Å²) in [5.74, 6) is 0.408. The fourth-order valence-corrected chi connectivity index (χ4v) is 2.19. The molecule has 0 radical (unpaired) electrons. The van der Waals surface area contributed by atoms with Gasteiger partial charge in [0, 0.05) is 6.54 Å². The highest BCUT2D eigenvalue weighted by Gasteiger charge is 2.36. The molecule has 1 aliphatic carbocycles. The normalized spacial score (nSPS) is 28.4. The van der Waals surface area contributed by atoms with Crippen LogP contribution in [0.5, 0.6) is 0 Å². The maximum absolute atomic E-state index is 9.99. The molecule has 0 aromatic rings. The molecule has 1 atom stereocenters. The molecule has 0 aliphatic heterocycles. The smallest absolute Gasteiger partial charge is 0.0769 e. The molecule has 1 aliphatic rings. The molecule has 0 amide bonds. The minimum Gasteiger partial charge on any atom is -0.389 e. The fourth-order valence-electron chi connectivity index (χ4n) is 2.19. The molecule has 0 saturated heterocycles. The van der Waals surface area contributed by atoms with Crippen molar-refractivity contribution in [3.05, 3.63) is 0 Å². The second-order valence-electron chi connectivity index (χ2n) is 5.50. The van der Waals surface area contributed by atoms with Crippen molar-refractivity contribution in [1.82, 2.24) is 0 Å². The zero-order valence-corrected chi connectivity index (χ0v) is 9.14. The van der Waals surface area contributed by atoms with E-state index in [1.165, 1.54) is 12.8 Å². The van der Waals surface area contributed by atoms with Gasteiger partial charge < -0.3 is 10.8 Å². The molecule has 1 rings (SSSR count). The first-order valence-electron chi connectivity index (χ1n) is 5.30. The third-order valence-corrected chi connectivity index (χ3v) is 3.63. The quantitative estimate of drug-likeness (QED) is 0.690. The third kappa shape index (κ3) is 2.68. The fraction of sp³-hybridized carbons (Fsp3) is 1.00. The number of hydrogen-bond acceptors (Lipinski definition) is 2. The van der Waals surface area contributed by atoms with Crippen LogP contribution >= 0.6 is 0 Å². The molecular weight excluding hydrogens is 162 g/mol. The van der Waals surface area contributed by atoms with Gasteiger partial charge in [-0.2, -0.15) is 0 Å². The first-order valence-corrected chi connectivity index (χ1v) is 5.30. The van der Waals surface area contributed by atoms with Crippen LogP contribution in [-0.4, -0.2) is 17.3 Å². The Morgan fingerprint density at radius 2 is 1.85 bits per heavy atom. The van der Waals surface area contributed by atoms with E-state index in [1.54, 1.807) is 0 Å². The summed E-state index contributed by atoms with van der Waals surface area (Å²) in [7, 11) is 0. The van der Waals surface area contributed by atoms with E-state index in [9.17, 15) is 5.11 Å². The first kappa shape index (κ1) is 11.0. The molecule has 78 valence electrons. The minimum atomic E-state index is -0.642. The summed E-state index contributed by atoms with van der Waals surface area (Å²) in [6.07, 6.45) is 4.68. The second kappa shape index (κ2) is 3.58. The first-order chi connectivity index (χ1) is 5.87. The van der Waals surface area contributed by atoms with Crippen molar-refractivity contribution in [3.8, 4) is 0 Å². The van der Waals surface area contributed by atoms with E-state index < -0.39 is 5.60 Å². The van der Waals surface area contributed by atoms with E-state index in [4.69, 9.17) is 5.73 Å². The van der Waals surface area contributed by atoms with Crippen LogP contribution in [0.2, 0.25) is 0 Å². The van der Waals surface area contributed by atoms with Crippen LogP contribution in [0.4, 0.5) is 0 Å². The molecule has 2 nitrogen and oxygen atoms in total. The summed E-state index contributed by atoms with van der Waals surface area (Å²) >= 11 is 0. The average Bonchev–Trinajstić information content (AvgIpc) is 2.04. The largest absolute Gasteiger partial charge is 0.389 e. The zero-order chi connectivity index (χ0) is 10.1. The Labute approximate surface area is 81.5 Å². The summed E-state index contributed by atoms with van der Waals surface area (Å²) < 4.78 is 0. The van der Waals surface area contributed by atoms with Gasteiger partial charge in [0.1, 0.15) is 0 Å². The van der Waals surface area contributed by atoms with Gasteiger partial charge in [0.15, 0.2) is 0 Å². The molecule has 0 heterocycles. The molecule has 0 bridgehead atoms. The van der Waals surface area contributed by atoms with Crippen LogP contribution in [0, 0.1) is 11.3 Å². The summed E-state index contributed by atoms with van der Waals surface area (Å²) in [5.41, 5.74) is 5.39. The minimum absolute atomic E-state index is 0.387. The SMILES string of the molecule is CC1(C)CCC(C(C)(O)CN)CC1. The molecule has 1 fully saturated rings. The van der Waals surface area contributed by atoms with Gasteiger partial charge >= 0.3 is 0 Å². The van der Waals surface area contributed by atoms with Crippen molar-refractivity contribution in [1.29, 1.82) is 0 Å². The van der Waals surface area contributed by atoms with Gasteiger partial charge in [-0.1, -0.05) is 13.8 Å². The van der Waals surface area contributed by atoms with Gasteiger partial charge in [-0.15, -0.1) is 0 Å². The Morgan fingerprint density at radius 3 is 2.23 bits per heavy atom. The molecule has 1 unspecified atom stereocenters. The molecule has 2 heteroatoms. The lowest BCUT2D eigenvalue weighted by atomic mass is 9.68. The summed E-state index contributed by atoms with van der Waals surface area (Å²) in [4.78, 5) is 0. The highest BCUT2D eigenvalue weighted by Crippen LogP contribution is 2.41. The average molecular weight is 185 g/mol. The highest BCUT2D eigenvalue weighted by molar-refractivity contribution is 4.89. The van der Waals surface area contributed by atoms with Gasteiger partial charge in [-0.3, -0.25) is 0 Å². The summed E-state index contributed by atoms with van der Waals surface area (Å²) in [6.45, 7) is 6.87. The van der Waals surface area contributed by atoms with E-state index in [0.29, 0.717) is 17.9 Å². The van der Waals surface area contributed by atoms with Crippen molar-refractivity contribution < 1.29 is 5.11 Å². The van der Waals surface area contributed by atoms with Gasteiger partial charge in [0.2, 0.25) is 0 Å². The topological polar surface area (TPSA) is 46.2 Å². The van der Waals surface area contributed by atoms with Crippen molar-refractivity contribution in [2.75, 3.05) is 6.54 Å². The van der Waals surface area contributed by atoms with Crippen molar-refractivity contribution in [2.45, 2.75) is 52.1 Å². The van der Waals surface area contributed by atoms with Crippen molar-refractivity contribution in [3.63, 3.8) is 0 Å². The van der Waals surface area contributed by atoms with Crippen LogP contribution in [0.1, 0.15) is 46.5 Å². The Kier molecular flexibility index (Phi) is 3.03. The molecular formula is C11H23NO. The Balaban J connectivity index is 2.50. The second-order valence-corrected chi connectivity index (χ2v) is 5.50. The van der Waals surface area contributed by atoms with Crippen LogP contribution in [0.3, 0.4) is 0 Å². The lowest BCUT2D eigenvalue weighted by molar-refractivity contribution is -0.0226. The Hall–Kier alpha value is -0.0800. The van der Waals surface area contributed by atoms with E-state index in [1.807, 2.05) is 6.92 Å². The monoisotopic (exact) mass is 185 g/mol. The summed E-state index contributed by atoms with van der Waals surface area (Å²) in [5, 5.41) is 9.99. The standard InChI is InChI=1S/C11H23NO/c1-10(2)6-4-9(5-7-10)11(3,13)8-12/h9,13H,4-8,12H2,1-3H3. The molecule has 0 aromatic carbocycles. The van der Waals surface area contributed by atoms with Gasteiger partial charge in [-0.25, -0.2) is 0 Å². The van der Waals surface area contributed by atoms with Crippen molar-refractivity contribution in [2.24, 2.45) is 17.1 Å². The maximum atomic E-state index is 9.99. The molecule has 0 spiro atoms. The van der Waals surface area contributed by atoms with Gasteiger partial charge in [0.05, 0.1) is 5.60 Å². The van der Waals surface area contributed by atoms with Gasteiger partial charge in [-0.05, 0) is 43.9 Å². The molecule has 13 heavy (non-hydrogen) atoms. The number of nitrogens with two attached hydrogens (primary N) is 1. The lowest BCUT2D eigenvalue weighted by Gasteiger charge is -2.40. The van der Waals surface area contributed by atoms with Gasteiger partial charge in [0.25, 0.3) is 0 Å². The number of hydrogen-bond donors (Lipinski definition) is 2. The predicted octanol–water partition coefficient (Wildman–Crippen LogP) is 1.91. The van der Waals surface area contributed by atoms with E-state index in [0.717, 1.165) is 12.8 Å². The Bertz CT molecular complexity index is 165. The van der Waals surface area contributed by atoms with Crippen LogP contribution in [0.15, 0.2) is 0 Å². The molecule has 3 N–H and O–H groups in total.